The van der Waals surface area contributed by atoms with Crippen LogP contribution < -0.4 is 14.8 Å². The number of Topliss-reactive ketones (excluding diaryl/α,β-unsaturated/α-hetero) is 1. The van der Waals surface area contributed by atoms with Gasteiger partial charge < -0.3 is 19.2 Å². The molecule has 276 valence electrons. The van der Waals surface area contributed by atoms with Crippen molar-refractivity contribution in [1.82, 2.24) is 14.6 Å². The number of nitrogens with zero attached hydrogens (tertiary/aromatic N) is 2. The number of imide groups is 1. The van der Waals surface area contributed by atoms with Crippen molar-refractivity contribution in [3.8, 4) is 17.2 Å². The number of rotatable bonds is 20. The van der Waals surface area contributed by atoms with E-state index in [9.17, 15) is 27.6 Å². The molecular formula is C36H45ClN4O9S. The van der Waals surface area contributed by atoms with Crippen LogP contribution in [0.1, 0.15) is 95.7 Å². The van der Waals surface area contributed by atoms with Crippen molar-refractivity contribution in [2.75, 3.05) is 19.0 Å². The molecule has 1 fully saturated rings. The molecule has 13 nitrogen and oxygen atoms in total. The van der Waals surface area contributed by atoms with E-state index in [1.54, 1.807) is 30.3 Å². The molecule has 1 aliphatic heterocycles. The Balaban J connectivity index is 1.50. The Morgan fingerprint density at radius 2 is 1.59 bits per heavy atom. The summed E-state index contributed by atoms with van der Waals surface area (Å²) in [6.07, 6.45) is 9.82. The summed E-state index contributed by atoms with van der Waals surface area (Å²) in [5.74, 6) is -3.98. The number of hydrogen-bond donors (Lipinski definition) is 2. The van der Waals surface area contributed by atoms with Crippen molar-refractivity contribution in [3.05, 3.63) is 59.4 Å². The van der Waals surface area contributed by atoms with Gasteiger partial charge in [0, 0.05) is 12.1 Å². The Bertz CT molecular complexity index is 1810. The van der Waals surface area contributed by atoms with Crippen LogP contribution in [0.15, 0.2) is 57.8 Å². The highest BCUT2D eigenvalue weighted by Gasteiger charge is 2.54. The SMILES string of the molecule is CCCCCCCCCCCCNS(=O)(=O)c1ccc(Cl)c(NC(=O)C(C(=O)c2nc(OC)c(-c3ccccc3)o2)N2C(=O)OC(C)(C)C2=O)c1. The van der Waals surface area contributed by atoms with Gasteiger partial charge in [0.05, 0.1) is 22.7 Å². The summed E-state index contributed by atoms with van der Waals surface area (Å²) < 4.78 is 45.0. The molecule has 51 heavy (non-hydrogen) atoms. The number of benzene rings is 2. The normalized spacial score (nSPS) is 14.7. The number of cyclic esters (lactones) is 1. The molecule has 4 rings (SSSR count). The quantitative estimate of drug-likeness (QED) is 0.0687. The molecular weight excluding hydrogens is 700 g/mol. The van der Waals surface area contributed by atoms with Crippen LogP contribution in [0.25, 0.3) is 11.3 Å². The number of hydrogen-bond acceptors (Lipinski definition) is 10. The van der Waals surface area contributed by atoms with Crippen molar-refractivity contribution in [2.45, 2.75) is 102 Å². The second-order valence-electron chi connectivity index (χ2n) is 12.8. The fourth-order valence-corrected chi connectivity index (χ4v) is 6.83. The van der Waals surface area contributed by atoms with Crippen molar-refractivity contribution < 1.29 is 41.5 Å². The van der Waals surface area contributed by atoms with E-state index in [-0.39, 0.29) is 33.8 Å². The number of carbonyl (C=O) groups excluding carboxylic acids is 4. The minimum atomic E-state index is -4.01. The fourth-order valence-electron chi connectivity index (χ4n) is 5.57. The van der Waals surface area contributed by atoms with Crippen LogP contribution >= 0.6 is 11.6 Å². The van der Waals surface area contributed by atoms with E-state index < -0.39 is 51.2 Å². The number of amides is 3. The predicted octanol–water partition coefficient (Wildman–Crippen LogP) is 7.15. The maximum atomic E-state index is 14.0. The third-order valence-corrected chi connectivity index (χ3v) is 10.2. The lowest BCUT2D eigenvalue weighted by Crippen LogP contribution is -2.53. The number of halogens is 1. The van der Waals surface area contributed by atoms with E-state index in [1.165, 1.54) is 71.6 Å². The van der Waals surface area contributed by atoms with Gasteiger partial charge in [-0.2, -0.15) is 4.98 Å². The second-order valence-corrected chi connectivity index (χ2v) is 14.9. The minimum absolute atomic E-state index is 0.0667. The van der Waals surface area contributed by atoms with Gasteiger partial charge in [-0.05, 0) is 38.5 Å². The van der Waals surface area contributed by atoms with Gasteiger partial charge in [-0.25, -0.2) is 22.8 Å². The molecule has 3 aromatic rings. The Morgan fingerprint density at radius 1 is 0.961 bits per heavy atom. The van der Waals surface area contributed by atoms with E-state index in [4.69, 9.17) is 25.5 Å². The Hall–Kier alpha value is -4.27. The number of methoxy groups -OCH3 is 1. The summed E-state index contributed by atoms with van der Waals surface area (Å²) in [5, 5.41) is 2.34. The molecule has 0 spiro atoms. The highest BCUT2D eigenvalue weighted by molar-refractivity contribution is 7.89. The molecule has 2 heterocycles. The molecule has 0 saturated carbocycles. The molecule has 2 N–H and O–H groups in total. The van der Waals surface area contributed by atoms with Gasteiger partial charge in [-0.3, -0.25) is 14.4 Å². The van der Waals surface area contributed by atoms with Gasteiger partial charge in [-0.15, -0.1) is 0 Å². The average molecular weight is 745 g/mol. The van der Waals surface area contributed by atoms with E-state index in [1.807, 2.05) is 0 Å². The van der Waals surface area contributed by atoms with Gasteiger partial charge in [0.15, 0.2) is 17.4 Å². The molecule has 0 bridgehead atoms. The Labute approximate surface area is 303 Å². The lowest BCUT2D eigenvalue weighted by molar-refractivity contribution is -0.137. The Kier molecular flexibility index (Phi) is 13.8. The number of aromatic nitrogens is 1. The third kappa shape index (κ3) is 9.95. The predicted molar refractivity (Wildman–Crippen MR) is 191 cm³/mol. The van der Waals surface area contributed by atoms with Gasteiger partial charge in [0.1, 0.15) is 0 Å². The first-order chi connectivity index (χ1) is 24.3. The smallest absolute Gasteiger partial charge is 0.418 e. The van der Waals surface area contributed by atoms with Crippen LogP contribution in [0, 0.1) is 0 Å². The zero-order valence-corrected chi connectivity index (χ0v) is 30.9. The number of carbonyl (C=O) groups is 4. The number of ether oxygens (including phenoxy) is 2. The maximum Gasteiger partial charge on any atom is 0.418 e. The molecule has 1 saturated heterocycles. The van der Waals surface area contributed by atoms with Crippen LogP contribution in [0.5, 0.6) is 5.88 Å². The molecule has 1 aromatic heterocycles. The largest absolute Gasteiger partial charge is 0.478 e. The van der Waals surface area contributed by atoms with Crippen molar-refractivity contribution in [2.24, 2.45) is 0 Å². The molecule has 1 unspecified atom stereocenters. The van der Waals surface area contributed by atoms with Gasteiger partial charge in [0.25, 0.3) is 29.4 Å². The molecule has 2 aromatic carbocycles. The first-order valence-corrected chi connectivity index (χ1v) is 19.0. The van der Waals surface area contributed by atoms with Crippen LogP contribution in [0.3, 0.4) is 0 Å². The topological polar surface area (TPSA) is 174 Å². The summed E-state index contributed by atoms with van der Waals surface area (Å²) in [5.41, 5.74) is -1.37. The molecule has 0 aliphatic carbocycles. The first-order valence-electron chi connectivity index (χ1n) is 17.1. The van der Waals surface area contributed by atoms with Gasteiger partial charge in [0.2, 0.25) is 10.0 Å². The number of anilines is 1. The summed E-state index contributed by atoms with van der Waals surface area (Å²) >= 11 is 6.35. The van der Waals surface area contributed by atoms with Crippen LogP contribution in [0.4, 0.5) is 10.5 Å². The molecule has 1 atom stereocenters. The second kappa shape index (κ2) is 17.8. The van der Waals surface area contributed by atoms with Crippen molar-refractivity contribution in [1.29, 1.82) is 0 Å². The van der Waals surface area contributed by atoms with Crippen LogP contribution in [-0.4, -0.2) is 67.3 Å². The van der Waals surface area contributed by atoms with Crippen LogP contribution in [-0.2, 0) is 24.3 Å². The van der Waals surface area contributed by atoms with Crippen molar-refractivity contribution >= 4 is 51.0 Å². The van der Waals surface area contributed by atoms with Gasteiger partial charge in [-0.1, -0.05) is 107 Å². The van der Waals surface area contributed by atoms with Gasteiger partial charge >= 0.3 is 6.09 Å². The zero-order valence-electron chi connectivity index (χ0n) is 29.3. The Morgan fingerprint density at radius 3 is 2.18 bits per heavy atom. The fraction of sp³-hybridized carbons (Fsp3) is 0.472. The van der Waals surface area contributed by atoms with Crippen LogP contribution in [0.2, 0.25) is 5.02 Å². The number of oxazole rings is 1. The summed E-state index contributed by atoms with van der Waals surface area (Å²) in [6.45, 7) is 5.03. The van der Waals surface area contributed by atoms with E-state index in [2.05, 4.69) is 21.9 Å². The van der Waals surface area contributed by atoms with E-state index in [0.717, 1.165) is 25.3 Å². The molecule has 1 aliphatic rings. The standard InChI is InChI=1S/C36H45ClN4O9S/c1-5-6-7-8-9-10-11-12-13-17-22-38-51(46,47)25-20-21-26(37)27(23-25)39-31(43)28(41-34(44)36(2,3)50-35(41)45)29(42)32-40-33(48-4)30(49-32)24-18-15-14-16-19-24/h14-16,18-21,23,28,38H,5-13,17,22H2,1-4H3,(H,39,43). The highest BCUT2D eigenvalue weighted by Crippen LogP contribution is 2.33. The number of unbranched alkanes of at least 4 members (excludes halogenated alkanes) is 9. The first kappa shape index (κ1) is 39.5. The van der Waals surface area contributed by atoms with Crippen molar-refractivity contribution in [3.63, 3.8) is 0 Å². The minimum Gasteiger partial charge on any atom is -0.478 e. The lowest BCUT2D eigenvalue weighted by Gasteiger charge is -2.22. The average Bonchev–Trinajstić information content (AvgIpc) is 3.62. The van der Waals surface area contributed by atoms with E-state index >= 15 is 0 Å². The summed E-state index contributed by atoms with van der Waals surface area (Å²) in [6, 6.07) is 10.1. The highest BCUT2D eigenvalue weighted by atomic mass is 35.5. The summed E-state index contributed by atoms with van der Waals surface area (Å²) in [7, 11) is -2.70. The number of ketones is 1. The molecule has 3 amide bonds. The number of nitrogens with one attached hydrogen (secondary N) is 2. The third-order valence-electron chi connectivity index (χ3n) is 8.39. The maximum absolute atomic E-state index is 14.0. The number of sulfonamides is 1. The lowest BCUT2D eigenvalue weighted by atomic mass is 10.1. The molecule has 0 radical (unpaired) electrons. The van der Waals surface area contributed by atoms with E-state index in [0.29, 0.717) is 16.9 Å². The summed E-state index contributed by atoms with van der Waals surface area (Å²) in [4.78, 5) is 58.3. The monoisotopic (exact) mass is 744 g/mol. The molecule has 15 heteroatoms. The zero-order chi connectivity index (χ0) is 37.2.